The Hall–Kier alpha value is -0.930. The molecule has 76 valence electrons. The number of nitrogens with one attached hydrogen (secondary N) is 1. The van der Waals surface area contributed by atoms with Gasteiger partial charge in [-0.05, 0) is 25.1 Å². The maximum Gasteiger partial charge on any atom is 0.161 e. The van der Waals surface area contributed by atoms with Gasteiger partial charge in [0.15, 0.2) is 11.5 Å². The van der Waals surface area contributed by atoms with Gasteiger partial charge in [0.1, 0.15) is 6.10 Å². The summed E-state index contributed by atoms with van der Waals surface area (Å²) in [4.78, 5) is 0. The highest BCUT2D eigenvalue weighted by Gasteiger charge is 2.17. The van der Waals surface area contributed by atoms with Gasteiger partial charge in [-0.15, -0.1) is 0 Å². The molecule has 0 spiro atoms. The van der Waals surface area contributed by atoms with E-state index in [1.807, 2.05) is 0 Å². The molecule has 1 aliphatic rings. The van der Waals surface area contributed by atoms with E-state index in [1.165, 1.54) is 6.07 Å². The SMILES string of the molecule is Oc1cc(Cl)ccc1O[C@H]1CCNC1. The summed E-state index contributed by atoms with van der Waals surface area (Å²) in [5, 5.41) is 13.2. The molecule has 14 heavy (non-hydrogen) atoms. The normalized spacial score (nSPS) is 21.1. The number of benzene rings is 1. The summed E-state index contributed by atoms with van der Waals surface area (Å²) in [7, 11) is 0. The zero-order valence-electron chi connectivity index (χ0n) is 7.66. The van der Waals surface area contributed by atoms with Crippen molar-refractivity contribution in [1.29, 1.82) is 0 Å². The Morgan fingerprint density at radius 3 is 3.00 bits per heavy atom. The quantitative estimate of drug-likeness (QED) is 0.787. The molecule has 2 N–H and O–H groups in total. The van der Waals surface area contributed by atoms with Crippen LogP contribution in [-0.2, 0) is 0 Å². The molecule has 0 unspecified atom stereocenters. The van der Waals surface area contributed by atoms with Crippen LogP contribution in [0.4, 0.5) is 0 Å². The highest BCUT2D eigenvalue weighted by atomic mass is 35.5. The lowest BCUT2D eigenvalue weighted by atomic mass is 10.3. The molecule has 1 aromatic carbocycles. The van der Waals surface area contributed by atoms with Crippen molar-refractivity contribution in [2.24, 2.45) is 0 Å². The van der Waals surface area contributed by atoms with Crippen molar-refractivity contribution in [2.45, 2.75) is 12.5 Å². The molecule has 0 radical (unpaired) electrons. The van der Waals surface area contributed by atoms with Crippen molar-refractivity contribution < 1.29 is 9.84 Å². The molecular formula is C10H12ClNO2. The summed E-state index contributed by atoms with van der Waals surface area (Å²) < 4.78 is 5.59. The van der Waals surface area contributed by atoms with Crippen molar-refractivity contribution in [3.8, 4) is 11.5 Å². The Morgan fingerprint density at radius 2 is 2.36 bits per heavy atom. The van der Waals surface area contributed by atoms with E-state index >= 15 is 0 Å². The van der Waals surface area contributed by atoms with Crippen molar-refractivity contribution in [3.63, 3.8) is 0 Å². The van der Waals surface area contributed by atoms with E-state index < -0.39 is 0 Å². The summed E-state index contributed by atoms with van der Waals surface area (Å²) >= 11 is 5.71. The fraction of sp³-hybridized carbons (Fsp3) is 0.400. The molecule has 1 aliphatic heterocycles. The molecule has 1 fully saturated rings. The third-order valence-corrected chi connectivity index (χ3v) is 2.46. The number of hydrogen-bond donors (Lipinski definition) is 2. The number of phenolic OH excluding ortho intramolecular Hbond substituents is 1. The second kappa shape index (κ2) is 4.07. The Kier molecular flexibility index (Phi) is 2.79. The van der Waals surface area contributed by atoms with E-state index in [4.69, 9.17) is 16.3 Å². The fourth-order valence-electron chi connectivity index (χ4n) is 1.50. The molecule has 4 heteroatoms. The molecule has 2 rings (SSSR count). The maximum atomic E-state index is 9.52. The van der Waals surface area contributed by atoms with Crippen LogP contribution in [-0.4, -0.2) is 24.3 Å². The van der Waals surface area contributed by atoms with Gasteiger partial charge in [-0.3, -0.25) is 0 Å². The summed E-state index contributed by atoms with van der Waals surface area (Å²) in [6, 6.07) is 4.88. The minimum absolute atomic E-state index is 0.101. The highest BCUT2D eigenvalue weighted by molar-refractivity contribution is 6.30. The van der Waals surface area contributed by atoms with Crippen LogP contribution in [0.2, 0.25) is 5.02 Å². The van der Waals surface area contributed by atoms with E-state index in [2.05, 4.69) is 5.32 Å². The van der Waals surface area contributed by atoms with Crippen molar-refractivity contribution in [1.82, 2.24) is 5.32 Å². The molecule has 1 aromatic rings. The summed E-state index contributed by atoms with van der Waals surface area (Å²) in [5.74, 6) is 0.604. The largest absolute Gasteiger partial charge is 0.504 e. The standard InChI is InChI=1S/C10H12ClNO2/c11-7-1-2-10(9(13)5-7)14-8-3-4-12-6-8/h1-2,5,8,12-13H,3-4,6H2/t8-/m0/s1. The predicted molar refractivity (Wildman–Crippen MR) is 55.0 cm³/mol. The maximum absolute atomic E-state index is 9.52. The number of hydrogen-bond acceptors (Lipinski definition) is 3. The molecule has 0 bridgehead atoms. The first-order chi connectivity index (χ1) is 6.75. The number of aromatic hydroxyl groups is 1. The van der Waals surface area contributed by atoms with Gasteiger partial charge in [0.25, 0.3) is 0 Å². The second-order valence-electron chi connectivity index (χ2n) is 3.34. The van der Waals surface area contributed by atoms with E-state index in [-0.39, 0.29) is 11.9 Å². The van der Waals surface area contributed by atoms with Crippen LogP contribution in [0.1, 0.15) is 6.42 Å². The van der Waals surface area contributed by atoms with Gasteiger partial charge in [0.05, 0.1) is 0 Å². The van der Waals surface area contributed by atoms with Gasteiger partial charge < -0.3 is 15.2 Å². The molecule has 0 amide bonds. The van der Waals surface area contributed by atoms with Crippen molar-refractivity contribution in [2.75, 3.05) is 13.1 Å². The van der Waals surface area contributed by atoms with E-state index in [9.17, 15) is 5.11 Å². The molecule has 0 saturated carbocycles. The van der Waals surface area contributed by atoms with Crippen LogP contribution in [0.3, 0.4) is 0 Å². The number of ether oxygens (including phenoxy) is 1. The third-order valence-electron chi connectivity index (χ3n) is 2.23. The van der Waals surface area contributed by atoms with Crippen LogP contribution in [0.5, 0.6) is 11.5 Å². The van der Waals surface area contributed by atoms with Gasteiger partial charge in [-0.2, -0.15) is 0 Å². The first-order valence-corrected chi connectivity index (χ1v) is 4.99. The Labute approximate surface area is 87.6 Å². The highest BCUT2D eigenvalue weighted by Crippen LogP contribution is 2.30. The Balaban J connectivity index is 2.08. The van der Waals surface area contributed by atoms with Gasteiger partial charge in [0, 0.05) is 17.6 Å². The van der Waals surface area contributed by atoms with E-state index in [1.54, 1.807) is 12.1 Å². The van der Waals surface area contributed by atoms with Crippen LogP contribution < -0.4 is 10.1 Å². The molecule has 0 aromatic heterocycles. The van der Waals surface area contributed by atoms with Gasteiger partial charge >= 0.3 is 0 Å². The van der Waals surface area contributed by atoms with Crippen molar-refractivity contribution in [3.05, 3.63) is 23.2 Å². The lowest BCUT2D eigenvalue weighted by molar-refractivity contribution is 0.214. The minimum Gasteiger partial charge on any atom is -0.504 e. The summed E-state index contributed by atoms with van der Waals surface area (Å²) in [6.45, 7) is 1.81. The van der Waals surface area contributed by atoms with E-state index in [0.717, 1.165) is 19.5 Å². The van der Waals surface area contributed by atoms with Crippen molar-refractivity contribution >= 4 is 11.6 Å². The summed E-state index contributed by atoms with van der Waals surface area (Å²) in [5.41, 5.74) is 0. The number of phenols is 1. The molecule has 0 aliphatic carbocycles. The van der Waals surface area contributed by atoms with Gasteiger partial charge in [0.2, 0.25) is 0 Å². The molecule has 3 nitrogen and oxygen atoms in total. The van der Waals surface area contributed by atoms with E-state index in [0.29, 0.717) is 10.8 Å². The first kappa shape index (κ1) is 9.62. The number of halogens is 1. The fourth-order valence-corrected chi connectivity index (χ4v) is 1.66. The Morgan fingerprint density at radius 1 is 1.50 bits per heavy atom. The topological polar surface area (TPSA) is 41.5 Å². The molecule has 1 heterocycles. The average molecular weight is 214 g/mol. The minimum atomic E-state index is 0.101. The van der Waals surface area contributed by atoms with Gasteiger partial charge in [-0.25, -0.2) is 0 Å². The number of rotatable bonds is 2. The predicted octanol–water partition coefficient (Wildman–Crippen LogP) is 1.79. The van der Waals surface area contributed by atoms with Crippen LogP contribution in [0.15, 0.2) is 18.2 Å². The van der Waals surface area contributed by atoms with Crippen LogP contribution in [0.25, 0.3) is 0 Å². The zero-order valence-corrected chi connectivity index (χ0v) is 8.42. The molecule has 1 atom stereocenters. The Bertz CT molecular complexity index is 324. The van der Waals surface area contributed by atoms with Crippen LogP contribution >= 0.6 is 11.6 Å². The lowest BCUT2D eigenvalue weighted by Gasteiger charge is -2.13. The summed E-state index contributed by atoms with van der Waals surface area (Å²) in [6.07, 6.45) is 1.13. The lowest BCUT2D eigenvalue weighted by Crippen LogP contribution is -2.19. The van der Waals surface area contributed by atoms with Gasteiger partial charge in [-0.1, -0.05) is 11.6 Å². The van der Waals surface area contributed by atoms with Crippen LogP contribution in [0, 0.1) is 0 Å². The average Bonchev–Trinajstić information content (AvgIpc) is 2.62. The molecular weight excluding hydrogens is 202 g/mol. The molecule has 1 saturated heterocycles. The first-order valence-electron chi connectivity index (χ1n) is 4.61. The third kappa shape index (κ3) is 2.11. The zero-order chi connectivity index (χ0) is 9.97. The second-order valence-corrected chi connectivity index (χ2v) is 3.78. The monoisotopic (exact) mass is 213 g/mol. The smallest absolute Gasteiger partial charge is 0.161 e.